The molecule has 0 bridgehead atoms. The minimum Gasteiger partial charge on any atom is -0.366 e. The molecular formula is C17H23N5O2S+2. The van der Waals surface area contributed by atoms with E-state index in [-0.39, 0.29) is 11.9 Å². The van der Waals surface area contributed by atoms with E-state index in [0.29, 0.717) is 10.6 Å². The highest BCUT2D eigenvalue weighted by molar-refractivity contribution is 7.14. The highest BCUT2D eigenvalue weighted by Crippen LogP contribution is 2.22. The quantitative estimate of drug-likeness (QED) is 0.663. The Morgan fingerprint density at radius 2 is 2.08 bits per heavy atom. The number of piperazine rings is 1. The number of quaternary nitrogens is 1. The molecule has 0 aromatic carbocycles. The number of rotatable bonds is 5. The van der Waals surface area contributed by atoms with Crippen LogP contribution >= 0.6 is 11.3 Å². The number of nitrogens with one attached hydrogen (secondary N) is 3. The first-order chi connectivity index (χ1) is 12.1. The smallest absolute Gasteiger partial charge is 0.282 e. The Hall–Kier alpha value is -2.45. The van der Waals surface area contributed by atoms with Crippen molar-refractivity contribution in [3.63, 3.8) is 0 Å². The van der Waals surface area contributed by atoms with Crippen molar-refractivity contribution in [2.24, 2.45) is 5.73 Å². The van der Waals surface area contributed by atoms with E-state index >= 15 is 0 Å². The van der Waals surface area contributed by atoms with Crippen LogP contribution < -0.4 is 25.8 Å². The predicted octanol–water partition coefficient (Wildman–Crippen LogP) is -0.607. The molecule has 0 aliphatic carbocycles. The van der Waals surface area contributed by atoms with Crippen molar-refractivity contribution in [2.75, 3.05) is 36.4 Å². The fraction of sp³-hybridized carbons (Fsp3) is 0.353. The molecule has 0 radical (unpaired) electrons. The molecule has 1 aliphatic rings. The number of nitrogens with zero attached hydrogens (tertiary/aromatic N) is 1. The number of amides is 2. The summed E-state index contributed by atoms with van der Waals surface area (Å²) in [5.41, 5.74) is 5.69. The molecule has 2 aromatic heterocycles. The second-order valence-electron chi connectivity index (χ2n) is 6.13. The molecule has 25 heavy (non-hydrogen) atoms. The minimum absolute atomic E-state index is 0.0836. The zero-order valence-corrected chi connectivity index (χ0v) is 14.9. The fourth-order valence-electron chi connectivity index (χ4n) is 3.05. The summed E-state index contributed by atoms with van der Waals surface area (Å²) in [6, 6.07) is 7.48. The lowest BCUT2D eigenvalue weighted by Crippen LogP contribution is -3.19. The molecule has 132 valence electrons. The molecule has 1 atom stereocenters. The van der Waals surface area contributed by atoms with Crippen molar-refractivity contribution in [3.05, 3.63) is 41.4 Å². The van der Waals surface area contributed by atoms with Crippen LogP contribution in [0.15, 0.2) is 35.8 Å². The van der Waals surface area contributed by atoms with Gasteiger partial charge in [0.2, 0.25) is 0 Å². The molecule has 3 rings (SSSR count). The van der Waals surface area contributed by atoms with Crippen LogP contribution in [0.2, 0.25) is 0 Å². The third-order valence-electron chi connectivity index (χ3n) is 4.61. The first-order valence-corrected chi connectivity index (χ1v) is 9.18. The third kappa shape index (κ3) is 3.97. The van der Waals surface area contributed by atoms with Gasteiger partial charge in [0.25, 0.3) is 17.6 Å². The summed E-state index contributed by atoms with van der Waals surface area (Å²) in [7, 11) is 0. The number of aromatic amines is 1. The second-order valence-corrected chi connectivity index (χ2v) is 7.05. The van der Waals surface area contributed by atoms with Crippen LogP contribution in [0.4, 0.5) is 10.8 Å². The Bertz CT molecular complexity index is 741. The molecule has 2 amide bonds. The Morgan fingerprint density at radius 3 is 2.72 bits per heavy atom. The van der Waals surface area contributed by atoms with E-state index < -0.39 is 5.91 Å². The van der Waals surface area contributed by atoms with Crippen LogP contribution in [0.5, 0.6) is 0 Å². The SMILES string of the molecule is C[C@@H](C(=O)Nc1sccc1C(N)=O)[NH+]1CCN(c2cccc[nH+]2)CC1. The number of thiophene rings is 1. The molecule has 0 spiro atoms. The monoisotopic (exact) mass is 361 g/mol. The van der Waals surface area contributed by atoms with Crippen molar-refractivity contribution in [1.82, 2.24) is 0 Å². The molecule has 1 fully saturated rings. The van der Waals surface area contributed by atoms with Crippen LogP contribution in [0.25, 0.3) is 0 Å². The van der Waals surface area contributed by atoms with E-state index in [1.54, 1.807) is 11.4 Å². The number of nitrogens with two attached hydrogens (primary N) is 1. The van der Waals surface area contributed by atoms with Gasteiger partial charge in [-0.1, -0.05) is 6.07 Å². The lowest BCUT2D eigenvalue weighted by molar-refractivity contribution is -0.914. The van der Waals surface area contributed by atoms with E-state index in [0.717, 1.165) is 32.0 Å². The van der Waals surface area contributed by atoms with E-state index in [2.05, 4.69) is 21.3 Å². The van der Waals surface area contributed by atoms with Gasteiger partial charge in [-0.3, -0.25) is 14.5 Å². The van der Waals surface area contributed by atoms with Crippen molar-refractivity contribution >= 4 is 34.0 Å². The first-order valence-electron chi connectivity index (χ1n) is 8.30. The molecule has 2 aromatic rings. The van der Waals surface area contributed by atoms with E-state index in [9.17, 15) is 9.59 Å². The fourth-order valence-corrected chi connectivity index (χ4v) is 3.85. The molecule has 8 heteroatoms. The van der Waals surface area contributed by atoms with Crippen molar-refractivity contribution in [2.45, 2.75) is 13.0 Å². The van der Waals surface area contributed by atoms with Crippen LogP contribution in [0.1, 0.15) is 17.3 Å². The zero-order valence-electron chi connectivity index (χ0n) is 14.1. The summed E-state index contributed by atoms with van der Waals surface area (Å²) in [6.45, 7) is 5.46. The highest BCUT2D eigenvalue weighted by atomic mass is 32.1. The van der Waals surface area contributed by atoms with E-state index in [1.165, 1.54) is 16.2 Å². The standard InChI is InChI=1S/C17H21N5O2S/c1-12(16(24)20-17-13(15(18)23)5-11-25-17)21-7-9-22(10-8-21)14-4-2-3-6-19-14/h2-6,11-12H,7-10H2,1H3,(H2,18,23)(H,20,24)/p+2/t12-/m0/s1. The molecule has 1 saturated heterocycles. The average Bonchev–Trinajstić information content (AvgIpc) is 3.10. The molecule has 0 unspecified atom stereocenters. The van der Waals surface area contributed by atoms with Gasteiger partial charge in [0.05, 0.1) is 11.8 Å². The van der Waals surface area contributed by atoms with Gasteiger partial charge < -0.3 is 16.0 Å². The highest BCUT2D eigenvalue weighted by Gasteiger charge is 2.32. The van der Waals surface area contributed by atoms with Gasteiger partial charge >= 0.3 is 0 Å². The Kier molecular flexibility index (Phi) is 5.30. The summed E-state index contributed by atoms with van der Waals surface area (Å²) < 4.78 is 0. The van der Waals surface area contributed by atoms with Crippen LogP contribution in [0.3, 0.4) is 0 Å². The number of anilines is 2. The molecule has 3 heterocycles. The summed E-state index contributed by atoms with van der Waals surface area (Å²) >= 11 is 1.31. The third-order valence-corrected chi connectivity index (χ3v) is 5.44. The van der Waals surface area contributed by atoms with E-state index in [4.69, 9.17) is 5.73 Å². The van der Waals surface area contributed by atoms with Gasteiger partial charge in [0.1, 0.15) is 31.2 Å². The average molecular weight is 361 g/mol. The van der Waals surface area contributed by atoms with Crippen LogP contribution in [-0.2, 0) is 4.79 Å². The lowest BCUT2D eigenvalue weighted by Gasteiger charge is -2.31. The number of pyridine rings is 1. The number of aromatic nitrogens is 1. The molecule has 1 aliphatic heterocycles. The number of hydrogen-bond donors (Lipinski definition) is 3. The Labute approximate surface area is 150 Å². The molecular weight excluding hydrogens is 338 g/mol. The van der Waals surface area contributed by atoms with Gasteiger partial charge in [0, 0.05) is 6.07 Å². The van der Waals surface area contributed by atoms with Gasteiger partial charge in [0.15, 0.2) is 6.04 Å². The minimum atomic E-state index is -0.524. The van der Waals surface area contributed by atoms with Gasteiger partial charge in [-0.05, 0) is 24.4 Å². The Balaban J connectivity index is 1.57. The normalized spacial score (nSPS) is 16.4. The maximum absolute atomic E-state index is 12.5. The molecule has 5 N–H and O–H groups in total. The predicted molar refractivity (Wildman–Crippen MR) is 96.8 cm³/mol. The van der Waals surface area contributed by atoms with Crippen molar-refractivity contribution < 1.29 is 19.5 Å². The molecule has 7 nitrogen and oxygen atoms in total. The lowest BCUT2D eigenvalue weighted by atomic mass is 10.2. The van der Waals surface area contributed by atoms with Gasteiger partial charge in [-0.25, -0.2) is 4.98 Å². The van der Waals surface area contributed by atoms with Crippen molar-refractivity contribution in [3.8, 4) is 0 Å². The number of hydrogen-bond acceptors (Lipinski definition) is 4. The zero-order chi connectivity index (χ0) is 17.8. The van der Waals surface area contributed by atoms with Crippen LogP contribution in [0, 0.1) is 0 Å². The van der Waals surface area contributed by atoms with Crippen molar-refractivity contribution in [1.29, 1.82) is 0 Å². The first kappa shape index (κ1) is 17.4. The number of H-pyrrole nitrogens is 1. The number of primary amides is 1. The maximum Gasteiger partial charge on any atom is 0.282 e. The Morgan fingerprint density at radius 1 is 1.32 bits per heavy atom. The summed E-state index contributed by atoms with van der Waals surface area (Å²) in [5.74, 6) is 0.493. The van der Waals surface area contributed by atoms with Crippen LogP contribution in [-0.4, -0.2) is 44.0 Å². The number of carbonyl (C=O) groups excluding carboxylic acids is 2. The van der Waals surface area contributed by atoms with Gasteiger partial charge in [-0.2, -0.15) is 0 Å². The number of carbonyl (C=O) groups is 2. The second kappa shape index (κ2) is 7.62. The largest absolute Gasteiger partial charge is 0.366 e. The summed E-state index contributed by atoms with van der Waals surface area (Å²) in [5, 5.41) is 5.13. The maximum atomic E-state index is 12.5. The topological polar surface area (TPSA) is 94.0 Å². The molecule has 0 saturated carbocycles. The summed E-state index contributed by atoms with van der Waals surface area (Å²) in [4.78, 5) is 30.7. The van der Waals surface area contributed by atoms with E-state index in [1.807, 2.05) is 25.3 Å². The summed E-state index contributed by atoms with van der Waals surface area (Å²) in [6.07, 6.45) is 1.92. The van der Waals surface area contributed by atoms with Gasteiger partial charge in [-0.15, -0.1) is 11.3 Å².